The molecule has 2 aromatic heterocycles. The average Bonchev–Trinajstić information content (AvgIpc) is 3.19. The zero-order valence-electron chi connectivity index (χ0n) is 20.4. The molecule has 1 saturated heterocycles. The van der Waals surface area contributed by atoms with Crippen LogP contribution in [0.15, 0.2) is 30.6 Å². The van der Waals surface area contributed by atoms with Crippen LogP contribution in [-0.4, -0.2) is 85.4 Å². The van der Waals surface area contributed by atoms with Crippen molar-refractivity contribution in [1.29, 1.82) is 0 Å². The number of aliphatic hydroxyl groups is 1. The highest BCUT2D eigenvalue weighted by molar-refractivity contribution is 5.93. The molecular weight excluding hydrogens is 444 g/mol. The number of aromatic nitrogens is 4. The highest BCUT2D eigenvalue weighted by Gasteiger charge is 2.23. The van der Waals surface area contributed by atoms with Crippen LogP contribution in [0.25, 0.3) is 11.0 Å². The summed E-state index contributed by atoms with van der Waals surface area (Å²) in [5.41, 5.74) is 4.19. The summed E-state index contributed by atoms with van der Waals surface area (Å²) in [4.78, 5) is 24.7. The lowest BCUT2D eigenvalue weighted by Crippen LogP contribution is -2.41. The summed E-state index contributed by atoms with van der Waals surface area (Å²) in [5, 5.41) is 22.2. The predicted molar refractivity (Wildman–Crippen MR) is 135 cm³/mol. The molecule has 0 spiro atoms. The smallest absolute Gasteiger partial charge is 0.219 e. The van der Waals surface area contributed by atoms with Gasteiger partial charge in [0.2, 0.25) is 5.91 Å². The number of nitrogens with zero attached hydrogens (tertiary/aromatic N) is 6. The van der Waals surface area contributed by atoms with Crippen molar-refractivity contribution in [3.63, 3.8) is 0 Å². The maximum atomic E-state index is 11.6. The van der Waals surface area contributed by atoms with E-state index in [1.807, 2.05) is 11.9 Å². The number of hydrogen-bond donors (Lipinski definition) is 3. The van der Waals surface area contributed by atoms with Crippen LogP contribution < -0.4 is 10.6 Å². The Labute approximate surface area is 205 Å². The summed E-state index contributed by atoms with van der Waals surface area (Å²) in [6.45, 7) is 5.95. The van der Waals surface area contributed by atoms with Crippen molar-refractivity contribution < 1.29 is 9.90 Å². The van der Waals surface area contributed by atoms with Gasteiger partial charge in [0.15, 0.2) is 17.2 Å². The molecule has 2 aliphatic heterocycles. The van der Waals surface area contributed by atoms with Crippen LogP contribution in [0.4, 0.5) is 11.6 Å². The predicted octanol–water partition coefficient (Wildman–Crippen LogP) is 1.62. The van der Waals surface area contributed by atoms with Crippen molar-refractivity contribution in [1.82, 2.24) is 29.5 Å². The normalized spacial score (nSPS) is 17.9. The Kier molecular flexibility index (Phi) is 6.83. The first-order valence-corrected chi connectivity index (χ1v) is 12.4. The standard InChI is InChI=1S/C25H34N8O2/c1-17(34)33-11-8-20(9-12-33)29-24-22-23(27-16-28-24)25(31(2)30-22)26-13-21(35)15-32-10-7-18-5-3-4-6-19(18)14-32/h3-6,16,20-21,26,35H,7-15H2,1-2H3,(H,27,28,29). The number of piperidine rings is 1. The number of nitrogens with one attached hydrogen (secondary N) is 2. The zero-order valence-corrected chi connectivity index (χ0v) is 20.4. The van der Waals surface area contributed by atoms with Crippen molar-refractivity contribution in [2.75, 3.05) is 43.4 Å². The molecule has 10 heteroatoms. The molecule has 186 valence electrons. The Balaban J connectivity index is 1.20. The van der Waals surface area contributed by atoms with E-state index in [1.165, 1.54) is 11.1 Å². The first-order chi connectivity index (χ1) is 17.0. The molecule has 3 N–H and O–H groups in total. The van der Waals surface area contributed by atoms with Crippen LogP contribution in [-0.2, 0) is 24.8 Å². The molecule has 1 aromatic carbocycles. The second-order valence-corrected chi connectivity index (χ2v) is 9.60. The largest absolute Gasteiger partial charge is 0.390 e. The number of rotatable bonds is 7. The number of carbonyl (C=O) groups excluding carboxylic acids is 1. The Hall–Kier alpha value is -3.24. The molecule has 10 nitrogen and oxygen atoms in total. The number of aliphatic hydroxyl groups excluding tert-OH is 1. The second-order valence-electron chi connectivity index (χ2n) is 9.60. The maximum absolute atomic E-state index is 11.6. The topological polar surface area (TPSA) is 111 Å². The minimum atomic E-state index is -0.517. The SMILES string of the molecule is CC(=O)N1CCC(Nc2ncnc3c(NCC(O)CN4CCc5ccccc5C4)n(C)nc23)CC1. The van der Waals surface area contributed by atoms with Gasteiger partial charge in [0.1, 0.15) is 11.8 Å². The zero-order chi connectivity index (χ0) is 24.4. The fourth-order valence-electron chi connectivity index (χ4n) is 5.12. The van der Waals surface area contributed by atoms with Gasteiger partial charge in [0.05, 0.1) is 6.10 Å². The minimum Gasteiger partial charge on any atom is -0.390 e. The van der Waals surface area contributed by atoms with Crippen molar-refractivity contribution in [2.24, 2.45) is 7.05 Å². The molecule has 0 bridgehead atoms. The van der Waals surface area contributed by atoms with E-state index in [2.05, 4.69) is 54.9 Å². The van der Waals surface area contributed by atoms with E-state index in [4.69, 9.17) is 0 Å². The van der Waals surface area contributed by atoms with Gasteiger partial charge in [0, 0.05) is 59.3 Å². The first-order valence-electron chi connectivity index (χ1n) is 12.4. The van der Waals surface area contributed by atoms with E-state index < -0.39 is 6.10 Å². The summed E-state index contributed by atoms with van der Waals surface area (Å²) in [7, 11) is 1.87. The third-order valence-corrected chi connectivity index (χ3v) is 7.09. The van der Waals surface area contributed by atoms with Gasteiger partial charge in [0.25, 0.3) is 0 Å². The molecule has 0 radical (unpaired) electrons. The number of β-amino-alcohol motifs (C(OH)–C–C–N with tert-alkyl or cyclic N) is 1. The lowest BCUT2D eigenvalue weighted by atomic mass is 10.00. The van der Waals surface area contributed by atoms with Crippen LogP contribution in [0.3, 0.4) is 0 Å². The van der Waals surface area contributed by atoms with Crippen LogP contribution >= 0.6 is 0 Å². The maximum Gasteiger partial charge on any atom is 0.219 e. The number of anilines is 2. The van der Waals surface area contributed by atoms with Gasteiger partial charge in [-0.15, -0.1) is 0 Å². The summed E-state index contributed by atoms with van der Waals surface area (Å²) < 4.78 is 1.76. The van der Waals surface area contributed by atoms with Gasteiger partial charge >= 0.3 is 0 Å². The van der Waals surface area contributed by atoms with Crippen LogP contribution in [0, 0.1) is 0 Å². The summed E-state index contributed by atoms with van der Waals surface area (Å²) in [6, 6.07) is 8.77. The van der Waals surface area contributed by atoms with Crippen molar-refractivity contribution in [2.45, 2.75) is 44.9 Å². The quantitative estimate of drug-likeness (QED) is 0.470. The lowest BCUT2D eigenvalue weighted by molar-refractivity contribution is -0.129. The molecule has 1 amide bonds. The molecule has 0 aliphatic carbocycles. The Morgan fingerprint density at radius 2 is 1.91 bits per heavy atom. The molecule has 1 fully saturated rings. The monoisotopic (exact) mass is 478 g/mol. The van der Waals surface area contributed by atoms with Crippen LogP contribution in [0.2, 0.25) is 0 Å². The number of amides is 1. The Bertz CT molecular complexity index is 1190. The second kappa shape index (κ2) is 10.2. The molecule has 4 heterocycles. The van der Waals surface area contributed by atoms with Gasteiger partial charge < -0.3 is 20.6 Å². The van der Waals surface area contributed by atoms with Crippen molar-refractivity contribution in [3.05, 3.63) is 41.7 Å². The molecule has 3 aromatic rings. The molecule has 0 saturated carbocycles. The van der Waals surface area contributed by atoms with E-state index in [1.54, 1.807) is 17.9 Å². The van der Waals surface area contributed by atoms with E-state index in [0.717, 1.165) is 56.8 Å². The van der Waals surface area contributed by atoms with E-state index in [0.29, 0.717) is 24.4 Å². The number of likely N-dealkylation sites (tertiary alicyclic amines) is 1. The Morgan fingerprint density at radius 3 is 2.69 bits per heavy atom. The van der Waals surface area contributed by atoms with Gasteiger partial charge in [-0.3, -0.25) is 14.4 Å². The summed E-state index contributed by atoms with van der Waals surface area (Å²) >= 11 is 0. The fourth-order valence-corrected chi connectivity index (χ4v) is 5.12. The first kappa shape index (κ1) is 23.5. The van der Waals surface area contributed by atoms with E-state index in [-0.39, 0.29) is 11.9 Å². The highest BCUT2D eigenvalue weighted by atomic mass is 16.3. The highest BCUT2D eigenvalue weighted by Crippen LogP contribution is 2.26. The molecule has 1 unspecified atom stereocenters. The van der Waals surface area contributed by atoms with E-state index in [9.17, 15) is 9.90 Å². The molecular formula is C25H34N8O2. The lowest BCUT2D eigenvalue weighted by Gasteiger charge is -2.31. The number of hydrogen-bond acceptors (Lipinski definition) is 8. The van der Waals surface area contributed by atoms with Gasteiger partial charge in [-0.2, -0.15) is 5.10 Å². The number of carbonyl (C=O) groups is 1. The molecule has 2 aliphatic rings. The number of benzene rings is 1. The summed E-state index contributed by atoms with van der Waals surface area (Å²) in [5.74, 6) is 1.59. The van der Waals surface area contributed by atoms with Gasteiger partial charge in [-0.1, -0.05) is 24.3 Å². The third kappa shape index (κ3) is 5.23. The minimum absolute atomic E-state index is 0.126. The number of fused-ring (bicyclic) bond motifs is 2. The molecule has 5 rings (SSSR count). The third-order valence-electron chi connectivity index (χ3n) is 7.09. The number of aryl methyl sites for hydroxylation is 1. The van der Waals surface area contributed by atoms with Crippen LogP contribution in [0.5, 0.6) is 0 Å². The van der Waals surface area contributed by atoms with E-state index >= 15 is 0 Å². The van der Waals surface area contributed by atoms with Crippen molar-refractivity contribution in [3.8, 4) is 0 Å². The summed E-state index contributed by atoms with van der Waals surface area (Å²) in [6.07, 6.45) is 3.79. The fraction of sp³-hybridized carbons (Fsp3) is 0.520. The molecule has 1 atom stereocenters. The average molecular weight is 479 g/mol. The van der Waals surface area contributed by atoms with Gasteiger partial charge in [-0.25, -0.2) is 9.97 Å². The van der Waals surface area contributed by atoms with Crippen molar-refractivity contribution >= 4 is 28.6 Å². The molecule has 35 heavy (non-hydrogen) atoms. The van der Waals surface area contributed by atoms with Crippen LogP contribution in [0.1, 0.15) is 30.9 Å². The van der Waals surface area contributed by atoms with Gasteiger partial charge in [-0.05, 0) is 30.4 Å². The Morgan fingerprint density at radius 1 is 1.14 bits per heavy atom.